The first-order valence-corrected chi connectivity index (χ1v) is 5.07. The molecule has 16 heavy (non-hydrogen) atoms. The fraction of sp³-hybridized carbons (Fsp3) is 0.273. The summed E-state index contributed by atoms with van der Waals surface area (Å²) in [5.74, 6) is 0.229. The van der Waals surface area contributed by atoms with Gasteiger partial charge in [0, 0.05) is 12.2 Å². The lowest BCUT2D eigenvalue weighted by Gasteiger charge is -2.16. The molecule has 1 heterocycles. The van der Waals surface area contributed by atoms with E-state index in [0.29, 0.717) is 6.61 Å². The van der Waals surface area contributed by atoms with E-state index in [4.69, 9.17) is 4.74 Å². The molecule has 0 fully saturated rings. The van der Waals surface area contributed by atoms with E-state index in [-0.39, 0.29) is 12.0 Å². The Hall–Kier alpha value is -1.88. The molecule has 0 saturated heterocycles. The lowest BCUT2D eigenvalue weighted by atomic mass is 10.2. The highest BCUT2D eigenvalue weighted by atomic mass is 16.5. The van der Waals surface area contributed by atoms with Crippen LogP contribution < -0.4 is 0 Å². The monoisotopic (exact) mass is 219 g/mol. The third kappa shape index (κ3) is 2.20. The summed E-state index contributed by atoms with van der Waals surface area (Å²) in [6.07, 6.45) is 2.86. The second-order valence-electron chi connectivity index (χ2n) is 3.25. The number of ether oxygens (including phenoxy) is 1. The van der Waals surface area contributed by atoms with E-state index >= 15 is 0 Å². The first-order valence-electron chi connectivity index (χ1n) is 5.07. The van der Waals surface area contributed by atoms with Gasteiger partial charge in [-0.25, -0.2) is 0 Å². The van der Waals surface area contributed by atoms with Crippen molar-refractivity contribution in [3.63, 3.8) is 0 Å². The van der Waals surface area contributed by atoms with Crippen molar-refractivity contribution >= 4 is 0 Å². The first kappa shape index (κ1) is 10.6. The van der Waals surface area contributed by atoms with E-state index < -0.39 is 0 Å². The van der Waals surface area contributed by atoms with Gasteiger partial charge in [-0.3, -0.25) is 0 Å². The Morgan fingerprint density at radius 1 is 1.25 bits per heavy atom. The number of phenolic OH excluding ortho intramolecular Hbond substituents is 1. The predicted molar refractivity (Wildman–Crippen MR) is 57.9 cm³/mol. The van der Waals surface area contributed by atoms with Crippen LogP contribution in [-0.2, 0) is 4.74 Å². The van der Waals surface area contributed by atoms with Crippen molar-refractivity contribution in [3.8, 4) is 5.75 Å². The standard InChI is InChI=1S/C11H13N3O2/c1-2-16-11(14-12-7-8-13-14)9-3-5-10(15)6-4-9/h3-8,11,15H,2H2,1H3. The maximum Gasteiger partial charge on any atom is 0.194 e. The molecular weight excluding hydrogens is 206 g/mol. The summed E-state index contributed by atoms with van der Waals surface area (Å²) < 4.78 is 5.57. The molecule has 0 aliphatic heterocycles. The fourth-order valence-corrected chi connectivity index (χ4v) is 1.44. The largest absolute Gasteiger partial charge is 0.508 e. The molecule has 5 heteroatoms. The predicted octanol–water partition coefficient (Wildman–Crippen LogP) is 1.57. The number of rotatable bonds is 4. The molecule has 0 spiro atoms. The Balaban J connectivity index is 2.29. The lowest BCUT2D eigenvalue weighted by molar-refractivity contribution is 0.0220. The second kappa shape index (κ2) is 4.76. The van der Waals surface area contributed by atoms with Crippen LogP contribution in [0.25, 0.3) is 0 Å². The molecule has 1 atom stereocenters. The van der Waals surface area contributed by atoms with Gasteiger partial charge in [-0.15, -0.1) is 0 Å². The molecule has 1 N–H and O–H groups in total. The highest BCUT2D eigenvalue weighted by molar-refractivity contribution is 5.27. The molecule has 1 aromatic carbocycles. The summed E-state index contributed by atoms with van der Waals surface area (Å²) in [6.45, 7) is 2.48. The first-order chi connectivity index (χ1) is 7.81. The van der Waals surface area contributed by atoms with Crippen LogP contribution in [0.1, 0.15) is 18.7 Å². The molecule has 0 amide bonds. The van der Waals surface area contributed by atoms with Crippen LogP contribution in [0.4, 0.5) is 0 Å². The van der Waals surface area contributed by atoms with Gasteiger partial charge in [0.25, 0.3) is 0 Å². The maximum atomic E-state index is 9.22. The van der Waals surface area contributed by atoms with Crippen LogP contribution in [0, 0.1) is 0 Å². The second-order valence-corrected chi connectivity index (χ2v) is 3.25. The van der Waals surface area contributed by atoms with E-state index in [1.165, 1.54) is 4.80 Å². The third-order valence-electron chi connectivity index (χ3n) is 2.15. The Labute approximate surface area is 93.3 Å². The summed E-state index contributed by atoms with van der Waals surface area (Å²) in [6, 6.07) is 6.81. The van der Waals surface area contributed by atoms with E-state index in [2.05, 4.69) is 10.2 Å². The van der Waals surface area contributed by atoms with Gasteiger partial charge in [0.2, 0.25) is 0 Å². The highest BCUT2D eigenvalue weighted by Gasteiger charge is 2.14. The molecule has 2 aromatic rings. The SMILES string of the molecule is CCOC(c1ccc(O)cc1)n1nccn1. The van der Waals surface area contributed by atoms with Crippen molar-refractivity contribution in [2.75, 3.05) is 6.61 Å². The summed E-state index contributed by atoms with van der Waals surface area (Å²) >= 11 is 0. The average Bonchev–Trinajstić information content (AvgIpc) is 2.81. The number of benzene rings is 1. The molecule has 0 aliphatic carbocycles. The molecule has 1 aromatic heterocycles. The minimum Gasteiger partial charge on any atom is -0.508 e. The molecule has 0 saturated carbocycles. The molecule has 84 valence electrons. The lowest BCUT2D eigenvalue weighted by Crippen LogP contribution is -2.17. The van der Waals surface area contributed by atoms with Gasteiger partial charge in [0.05, 0.1) is 12.4 Å². The minimum atomic E-state index is -0.347. The Morgan fingerprint density at radius 3 is 2.44 bits per heavy atom. The Bertz CT molecular complexity index is 425. The molecule has 0 bridgehead atoms. The van der Waals surface area contributed by atoms with Crippen LogP contribution >= 0.6 is 0 Å². The van der Waals surface area contributed by atoms with Gasteiger partial charge in [0.15, 0.2) is 6.23 Å². The van der Waals surface area contributed by atoms with Crippen molar-refractivity contribution in [2.24, 2.45) is 0 Å². The van der Waals surface area contributed by atoms with Crippen LogP contribution in [0.5, 0.6) is 5.75 Å². The van der Waals surface area contributed by atoms with E-state index in [1.807, 2.05) is 6.92 Å². The summed E-state index contributed by atoms with van der Waals surface area (Å²) in [4.78, 5) is 1.50. The zero-order valence-corrected chi connectivity index (χ0v) is 8.95. The smallest absolute Gasteiger partial charge is 0.194 e. The highest BCUT2D eigenvalue weighted by Crippen LogP contribution is 2.20. The number of hydrogen-bond acceptors (Lipinski definition) is 4. The average molecular weight is 219 g/mol. The van der Waals surface area contributed by atoms with Crippen molar-refractivity contribution in [1.29, 1.82) is 0 Å². The summed E-state index contributed by atoms with van der Waals surface area (Å²) in [5, 5.41) is 17.3. The molecule has 0 radical (unpaired) electrons. The zero-order chi connectivity index (χ0) is 11.4. The topological polar surface area (TPSA) is 60.2 Å². The number of nitrogens with zero attached hydrogens (tertiary/aromatic N) is 3. The molecule has 1 unspecified atom stereocenters. The van der Waals surface area contributed by atoms with Gasteiger partial charge in [-0.2, -0.15) is 15.0 Å². The number of phenols is 1. The quantitative estimate of drug-likeness (QED) is 0.847. The molecular formula is C11H13N3O2. The Kier molecular flexibility index (Phi) is 3.16. The Morgan fingerprint density at radius 2 is 1.88 bits per heavy atom. The van der Waals surface area contributed by atoms with Crippen molar-refractivity contribution in [3.05, 3.63) is 42.2 Å². The van der Waals surface area contributed by atoms with E-state index in [0.717, 1.165) is 5.56 Å². The van der Waals surface area contributed by atoms with E-state index in [1.54, 1.807) is 36.7 Å². The number of aromatic nitrogens is 3. The van der Waals surface area contributed by atoms with Crippen LogP contribution in [0.15, 0.2) is 36.7 Å². The van der Waals surface area contributed by atoms with Crippen molar-refractivity contribution < 1.29 is 9.84 Å². The van der Waals surface area contributed by atoms with Gasteiger partial charge in [0.1, 0.15) is 5.75 Å². The van der Waals surface area contributed by atoms with Gasteiger partial charge in [-0.05, 0) is 19.1 Å². The normalized spacial score (nSPS) is 12.6. The fourth-order valence-electron chi connectivity index (χ4n) is 1.44. The maximum absolute atomic E-state index is 9.22. The third-order valence-corrected chi connectivity index (χ3v) is 2.15. The molecule has 2 rings (SSSR count). The van der Waals surface area contributed by atoms with Gasteiger partial charge >= 0.3 is 0 Å². The van der Waals surface area contributed by atoms with E-state index in [9.17, 15) is 5.11 Å². The van der Waals surface area contributed by atoms with Crippen LogP contribution in [0.2, 0.25) is 0 Å². The zero-order valence-electron chi connectivity index (χ0n) is 8.95. The minimum absolute atomic E-state index is 0.229. The number of hydrogen-bond donors (Lipinski definition) is 1. The van der Waals surface area contributed by atoms with Crippen LogP contribution in [0.3, 0.4) is 0 Å². The van der Waals surface area contributed by atoms with Crippen LogP contribution in [-0.4, -0.2) is 26.7 Å². The summed E-state index contributed by atoms with van der Waals surface area (Å²) in [7, 11) is 0. The summed E-state index contributed by atoms with van der Waals surface area (Å²) in [5.41, 5.74) is 0.899. The molecule has 0 aliphatic rings. The number of aromatic hydroxyl groups is 1. The van der Waals surface area contributed by atoms with Crippen molar-refractivity contribution in [2.45, 2.75) is 13.2 Å². The molecule has 5 nitrogen and oxygen atoms in total. The van der Waals surface area contributed by atoms with Gasteiger partial charge in [-0.1, -0.05) is 12.1 Å². The van der Waals surface area contributed by atoms with Crippen molar-refractivity contribution in [1.82, 2.24) is 15.0 Å². The van der Waals surface area contributed by atoms with Gasteiger partial charge < -0.3 is 9.84 Å².